The molecule has 254 valence electrons. The first-order chi connectivity index (χ1) is 22.0. The second kappa shape index (κ2) is 14.0. The van der Waals surface area contributed by atoms with Crippen LogP contribution in [0, 0.1) is 0 Å². The molecule has 4 rings (SSSR count). The number of carbonyl (C=O) groups excluding carboxylic acids is 3. The number of halogens is 4. The number of rotatable bonds is 8. The number of ether oxygens (including phenoxy) is 2. The Morgan fingerprint density at radius 1 is 1.09 bits per heavy atom. The third-order valence-corrected chi connectivity index (χ3v) is 7.26. The van der Waals surface area contributed by atoms with Crippen LogP contribution in [0.25, 0.3) is 11.9 Å². The van der Waals surface area contributed by atoms with E-state index in [1.165, 1.54) is 10.6 Å². The molecule has 1 fully saturated rings. The van der Waals surface area contributed by atoms with Crippen LogP contribution in [-0.4, -0.2) is 80.4 Å². The molecule has 13 nitrogen and oxygen atoms in total. The van der Waals surface area contributed by atoms with Gasteiger partial charge in [0.2, 0.25) is 11.7 Å². The quantitative estimate of drug-likeness (QED) is 0.271. The number of hydrogen-bond acceptors (Lipinski definition) is 9. The van der Waals surface area contributed by atoms with Gasteiger partial charge in [-0.2, -0.15) is 22.7 Å². The highest BCUT2D eigenvalue weighted by Gasteiger charge is 2.32. The minimum absolute atomic E-state index is 0.0101. The molecule has 1 saturated heterocycles. The lowest BCUT2D eigenvalue weighted by Crippen LogP contribution is -2.51. The Morgan fingerprint density at radius 2 is 1.77 bits per heavy atom. The summed E-state index contributed by atoms with van der Waals surface area (Å²) in [4.78, 5) is 59.5. The number of carbonyl (C=O) groups is 3. The van der Waals surface area contributed by atoms with Gasteiger partial charge in [0.15, 0.2) is 5.82 Å². The molecule has 1 aliphatic heterocycles. The monoisotopic (exact) mass is 681 g/mol. The fraction of sp³-hybridized carbons (Fsp3) is 0.467. The summed E-state index contributed by atoms with van der Waals surface area (Å²) < 4.78 is 52.2. The van der Waals surface area contributed by atoms with Crippen molar-refractivity contribution in [3.8, 4) is 0 Å². The van der Waals surface area contributed by atoms with Crippen LogP contribution in [0.1, 0.15) is 51.7 Å². The zero-order valence-electron chi connectivity index (χ0n) is 26.5. The summed E-state index contributed by atoms with van der Waals surface area (Å²) in [5.41, 5.74) is -1.57. The number of nitrogens with one attached hydrogen (secondary N) is 1. The zero-order chi connectivity index (χ0) is 34.7. The van der Waals surface area contributed by atoms with E-state index in [-0.39, 0.29) is 67.2 Å². The number of esters is 1. The number of alkyl halides is 3. The summed E-state index contributed by atoms with van der Waals surface area (Å²) in [5.74, 6) is -1.34. The third kappa shape index (κ3) is 8.41. The van der Waals surface area contributed by atoms with Crippen molar-refractivity contribution in [3.63, 3.8) is 0 Å². The first kappa shape index (κ1) is 35.3. The maximum atomic E-state index is 13.9. The highest BCUT2D eigenvalue weighted by Crippen LogP contribution is 2.34. The van der Waals surface area contributed by atoms with Crippen LogP contribution in [0.2, 0.25) is 5.02 Å². The van der Waals surface area contributed by atoms with Gasteiger partial charge in [0, 0.05) is 32.3 Å². The van der Waals surface area contributed by atoms with Gasteiger partial charge in [-0.25, -0.2) is 9.59 Å². The van der Waals surface area contributed by atoms with Crippen molar-refractivity contribution in [2.24, 2.45) is 0 Å². The van der Waals surface area contributed by atoms with Gasteiger partial charge in [0.05, 0.1) is 28.6 Å². The number of fused-ring (bicyclic) bond motifs is 1. The first-order valence-corrected chi connectivity index (χ1v) is 15.2. The average molecular weight is 682 g/mol. The summed E-state index contributed by atoms with van der Waals surface area (Å²) in [6.07, 6.45) is -2.46. The van der Waals surface area contributed by atoms with Gasteiger partial charge in [-0.1, -0.05) is 18.5 Å². The molecule has 0 radical (unpaired) electrons. The van der Waals surface area contributed by atoms with E-state index >= 15 is 0 Å². The molecular formula is C30H35ClF3N7O6. The van der Waals surface area contributed by atoms with Crippen molar-refractivity contribution in [1.82, 2.24) is 24.1 Å². The van der Waals surface area contributed by atoms with E-state index in [1.54, 1.807) is 44.4 Å². The molecule has 1 aliphatic rings. The smallest absolute Gasteiger partial charge is 0.416 e. The van der Waals surface area contributed by atoms with Crippen LogP contribution in [0.4, 0.5) is 29.3 Å². The largest absolute Gasteiger partial charge is 0.463 e. The highest BCUT2D eigenvalue weighted by atomic mass is 35.5. The van der Waals surface area contributed by atoms with Crippen molar-refractivity contribution in [2.45, 2.75) is 59.4 Å². The van der Waals surface area contributed by atoms with Crippen molar-refractivity contribution >= 4 is 52.8 Å². The molecule has 0 spiro atoms. The minimum Gasteiger partial charge on any atom is -0.463 e. The Balaban J connectivity index is 1.72. The number of hydrogen-bond donors (Lipinski definition) is 1. The molecule has 3 heterocycles. The lowest BCUT2D eigenvalue weighted by molar-refractivity contribution is -0.138. The van der Waals surface area contributed by atoms with E-state index in [9.17, 15) is 32.3 Å². The molecule has 47 heavy (non-hydrogen) atoms. The number of nitrogens with zero attached hydrogens (tertiary/aromatic N) is 6. The fourth-order valence-electron chi connectivity index (χ4n) is 4.91. The second-order valence-electron chi connectivity index (χ2n) is 11.5. The van der Waals surface area contributed by atoms with Gasteiger partial charge in [0.1, 0.15) is 17.8 Å². The van der Waals surface area contributed by atoms with Crippen LogP contribution in [0.5, 0.6) is 0 Å². The molecule has 17 heteroatoms. The van der Waals surface area contributed by atoms with Gasteiger partial charge >= 0.3 is 18.2 Å². The van der Waals surface area contributed by atoms with Crippen LogP contribution in [-0.2, 0) is 38.2 Å². The molecule has 0 saturated carbocycles. The van der Waals surface area contributed by atoms with Gasteiger partial charge in [0.25, 0.3) is 5.56 Å². The standard InChI is InChI=1S/C30H35ClF3N7O6/c1-6-21-25(38-12-14-39(15-13-38)28(45)47-29(3,4)5)26(44)41-27(36-22(37-41)10-11-24(43)46-7-2)40(21)17-23(42)35-20-9-8-18(16-19(20)31)30(32,33)34/h8-11,16H,6-7,12-15,17H2,1-5H3,(H,35,42)/b11-10+. The van der Waals surface area contributed by atoms with E-state index < -0.39 is 47.4 Å². The summed E-state index contributed by atoms with van der Waals surface area (Å²) >= 11 is 6.06. The van der Waals surface area contributed by atoms with E-state index in [0.717, 1.165) is 22.7 Å². The van der Waals surface area contributed by atoms with Crippen molar-refractivity contribution in [2.75, 3.05) is 43.0 Å². The Hall–Kier alpha value is -4.60. The maximum absolute atomic E-state index is 13.9. The molecule has 2 aromatic heterocycles. The maximum Gasteiger partial charge on any atom is 0.416 e. The molecule has 1 N–H and O–H groups in total. The van der Waals surface area contributed by atoms with E-state index in [1.807, 2.05) is 0 Å². The fourth-order valence-corrected chi connectivity index (χ4v) is 5.14. The predicted molar refractivity (Wildman–Crippen MR) is 167 cm³/mol. The van der Waals surface area contributed by atoms with Crippen LogP contribution in [0.3, 0.4) is 0 Å². The Kier molecular flexibility index (Phi) is 10.5. The molecule has 0 aliphatic carbocycles. The van der Waals surface area contributed by atoms with E-state index in [0.29, 0.717) is 11.8 Å². The molecule has 1 aromatic carbocycles. The van der Waals surface area contributed by atoms with Crippen LogP contribution in [0.15, 0.2) is 29.1 Å². The number of aromatic nitrogens is 4. The van der Waals surface area contributed by atoms with Crippen molar-refractivity contribution in [1.29, 1.82) is 0 Å². The molecule has 0 unspecified atom stereocenters. The Bertz CT molecular complexity index is 1760. The Labute approximate surface area is 272 Å². The summed E-state index contributed by atoms with van der Waals surface area (Å²) in [5, 5.41) is 6.47. The molecular weight excluding hydrogens is 647 g/mol. The normalized spacial score (nSPS) is 14.1. The summed E-state index contributed by atoms with van der Waals surface area (Å²) in [7, 11) is 0. The van der Waals surface area contributed by atoms with Crippen LogP contribution >= 0.6 is 11.6 Å². The molecule has 2 amide bonds. The van der Waals surface area contributed by atoms with E-state index in [4.69, 9.17) is 21.1 Å². The lowest BCUT2D eigenvalue weighted by atomic mass is 10.2. The van der Waals surface area contributed by atoms with Crippen molar-refractivity contribution in [3.05, 3.63) is 56.7 Å². The third-order valence-electron chi connectivity index (χ3n) is 6.95. The molecule has 3 aromatic rings. The lowest BCUT2D eigenvalue weighted by Gasteiger charge is -2.37. The zero-order valence-corrected chi connectivity index (χ0v) is 27.2. The van der Waals surface area contributed by atoms with Crippen LogP contribution < -0.4 is 15.8 Å². The highest BCUT2D eigenvalue weighted by molar-refractivity contribution is 6.33. The Morgan fingerprint density at radius 3 is 2.34 bits per heavy atom. The predicted octanol–water partition coefficient (Wildman–Crippen LogP) is 4.40. The van der Waals surface area contributed by atoms with E-state index in [2.05, 4.69) is 15.4 Å². The topological polar surface area (TPSA) is 140 Å². The number of piperazine rings is 1. The number of benzene rings is 1. The molecule has 0 atom stereocenters. The molecule has 0 bridgehead atoms. The van der Waals surface area contributed by atoms with Gasteiger partial charge in [-0.05, 0) is 58.4 Å². The number of anilines is 2. The van der Waals surface area contributed by atoms with Gasteiger partial charge in [-0.15, -0.1) is 5.10 Å². The minimum atomic E-state index is -4.62. The number of amides is 2. The first-order valence-electron chi connectivity index (χ1n) is 14.8. The van der Waals surface area contributed by atoms with Gasteiger partial charge < -0.3 is 29.2 Å². The summed E-state index contributed by atoms with van der Waals surface area (Å²) in [6.45, 7) is 9.50. The average Bonchev–Trinajstić information content (AvgIpc) is 3.42. The van der Waals surface area contributed by atoms with Crippen molar-refractivity contribution < 1.29 is 37.0 Å². The van der Waals surface area contributed by atoms with Gasteiger partial charge in [-0.3, -0.25) is 9.59 Å². The second-order valence-corrected chi connectivity index (χ2v) is 11.9. The SMILES string of the molecule is CCOC(=O)/C=C/c1nc2n(CC(=O)Nc3ccc(C(F)(F)F)cc3Cl)c(CC)c(N3CCN(C(=O)OC(C)(C)C)CC3)c(=O)n2n1. The summed E-state index contributed by atoms with van der Waals surface area (Å²) in [6, 6.07) is 2.56.